The van der Waals surface area contributed by atoms with Crippen molar-refractivity contribution in [3.63, 3.8) is 0 Å². The smallest absolute Gasteiger partial charge is 0.170 e. The summed E-state index contributed by atoms with van der Waals surface area (Å²) in [6, 6.07) is 5.24. The zero-order valence-corrected chi connectivity index (χ0v) is 15.6. The summed E-state index contributed by atoms with van der Waals surface area (Å²) in [5, 5.41) is 9.92. The van der Waals surface area contributed by atoms with E-state index in [1.165, 1.54) is 18.4 Å². The first-order chi connectivity index (χ1) is 11.1. The summed E-state index contributed by atoms with van der Waals surface area (Å²) in [7, 11) is 0. The molecule has 3 rings (SSSR count). The number of carbonyl (C=O) groups excluding carboxylic acids is 1. The summed E-state index contributed by atoms with van der Waals surface area (Å²) in [6.07, 6.45) is 6.92. The maximum atomic E-state index is 13.4. The van der Waals surface area contributed by atoms with Gasteiger partial charge in [-0.2, -0.15) is 0 Å². The molecule has 0 aromatic heterocycles. The Hall–Kier alpha value is -1.57. The molecular formula is C22H30O2. The van der Waals surface area contributed by atoms with E-state index < -0.39 is 0 Å². The minimum absolute atomic E-state index is 0.0109. The van der Waals surface area contributed by atoms with E-state index in [-0.39, 0.29) is 28.3 Å². The van der Waals surface area contributed by atoms with Crippen LogP contribution in [0, 0.1) is 29.6 Å². The minimum atomic E-state index is -0.0722. The monoisotopic (exact) mass is 326 g/mol. The van der Waals surface area contributed by atoms with Gasteiger partial charge in [-0.1, -0.05) is 38.8 Å². The number of hydrogen-bond acceptors (Lipinski definition) is 2. The number of hydrogen-bond donors (Lipinski definition) is 1. The van der Waals surface area contributed by atoms with Crippen molar-refractivity contribution in [3.05, 3.63) is 41.0 Å². The van der Waals surface area contributed by atoms with Crippen LogP contribution in [0.25, 0.3) is 0 Å². The molecule has 1 N–H and O–H groups in total. The van der Waals surface area contributed by atoms with E-state index in [9.17, 15) is 9.90 Å². The van der Waals surface area contributed by atoms with E-state index >= 15 is 0 Å². The molecule has 2 heteroatoms. The Morgan fingerprint density at radius 2 is 1.83 bits per heavy atom. The van der Waals surface area contributed by atoms with Gasteiger partial charge in [0.25, 0.3) is 0 Å². The Morgan fingerprint density at radius 1 is 1.12 bits per heavy atom. The maximum Gasteiger partial charge on any atom is 0.170 e. The summed E-state index contributed by atoms with van der Waals surface area (Å²) >= 11 is 0. The Bertz CT molecular complexity index is 678. The van der Waals surface area contributed by atoms with E-state index in [2.05, 4.69) is 33.8 Å². The van der Waals surface area contributed by atoms with E-state index in [0.717, 1.165) is 18.4 Å². The molecule has 2 nitrogen and oxygen atoms in total. The van der Waals surface area contributed by atoms with Gasteiger partial charge in [-0.05, 0) is 73.6 Å². The van der Waals surface area contributed by atoms with Gasteiger partial charge in [0.2, 0.25) is 0 Å². The molecule has 1 aromatic carbocycles. The molecule has 0 radical (unpaired) electrons. The molecule has 0 bridgehead atoms. The van der Waals surface area contributed by atoms with Crippen LogP contribution in [0.1, 0.15) is 69.3 Å². The number of rotatable bonds is 2. The highest BCUT2D eigenvalue weighted by atomic mass is 16.3. The Balaban J connectivity index is 2.06. The fourth-order valence-corrected chi connectivity index (χ4v) is 5.62. The summed E-state index contributed by atoms with van der Waals surface area (Å²) in [5.74, 6) is 0.820. The lowest BCUT2D eigenvalue weighted by Gasteiger charge is -2.56. The average Bonchev–Trinajstić information content (AvgIpc) is 2.44. The molecular weight excluding hydrogens is 296 g/mol. The van der Waals surface area contributed by atoms with Crippen molar-refractivity contribution in [1.29, 1.82) is 0 Å². The number of allylic oxidation sites excluding steroid dienone is 2. The average molecular weight is 326 g/mol. The van der Waals surface area contributed by atoms with Crippen molar-refractivity contribution < 1.29 is 9.90 Å². The second-order valence-electron chi connectivity index (χ2n) is 8.94. The fraction of sp³-hybridized carbons (Fsp3) is 0.591. The van der Waals surface area contributed by atoms with Crippen molar-refractivity contribution in [2.24, 2.45) is 22.7 Å². The number of aryl methyl sites for hydroxylation is 1. The highest BCUT2D eigenvalue weighted by molar-refractivity contribution is 6.00. The van der Waals surface area contributed by atoms with Crippen molar-refractivity contribution in [3.8, 4) is 5.75 Å². The highest BCUT2D eigenvalue weighted by Gasteiger charge is 2.54. The second-order valence-corrected chi connectivity index (χ2v) is 8.94. The molecule has 0 amide bonds. The van der Waals surface area contributed by atoms with Crippen molar-refractivity contribution in [2.45, 2.75) is 60.3 Å². The van der Waals surface area contributed by atoms with Crippen LogP contribution >= 0.6 is 0 Å². The van der Waals surface area contributed by atoms with Gasteiger partial charge < -0.3 is 5.11 Å². The summed E-state index contributed by atoms with van der Waals surface area (Å²) in [4.78, 5) is 13.4. The van der Waals surface area contributed by atoms with Crippen LogP contribution in [-0.4, -0.2) is 10.9 Å². The van der Waals surface area contributed by atoms with Gasteiger partial charge >= 0.3 is 0 Å². The summed E-state index contributed by atoms with van der Waals surface area (Å²) in [6.45, 7) is 11.1. The van der Waals surface area contributed by atoms with Crippen molar-refractivity contribution >= 4 is 5.78 Å². The van der Waals surface area contributed by atoms with Crippen LogP contribution in [0.5, 0.6) is 5.75 Å². The number of Topliss-reactive ketones (excluding diaryl/α,β-unsaturated/α-hetero) is 1. The van der Waals surface area contributed by atoms with E-state index in [0.29, 0.717) is 11.5 Å². The first-order valence-corrected chi connectivity index (χ1v) is 9.17. The number of benzene rings is 1. The Labute approximate surface area is 146 Å². The summed E-state index contributed by atoms with van der Waals surface area (Å²) < 4.78 is 0. The van der Waals surface area contributed by atoms with E-state index in [4.69, 9.17) is 0 Å². The van der Waals surface area contributed by atoms with Crippen LogP contribution < -0.4 is 0 Å². The Kier molecular flexibility index (Phi) is 4.14. The molecule has 130 valence electrons. The molecule has 0 saturated heterocycles. The molecule has 0 spiro atoms. The van der Waals surface area contributed by atoms with Gasteiger partial charge in [-0.3, -0.25) is 4.79 Å². The van der Waals surface area contributed by atoms with Crippen LogP contribution in [0.15, 0.2) is 29.8 Å². The molecule has 0 heterocycles. The van der Waals surface area contributed by atoms with Gasteiger partial charge in [0.15, 0.2) is 5.78 Å². The van der Waals surface area contributed by atoms with Crippen LogP contribution in [-0.2, 0) is 0 Å². The molecule has 1 saturated carbocycles. The summed E-state index contributed by atoms with van der Waals surface area (Å²) in [5.41, 5.74) is 3.07. The third-order valence-corrected chi connectivity index (χ3v) is 6.68. The normalized spacial score (nSPS) is 32.0. The first kappa shape index (κ1) is 17.3. The third kappa shape index (κ3) is 2.70. The quantitative estimate of drug-likeness (QED) is 0.560. The molecule has 1 fully saturated rings. The number of phenolic OH excluding ortho intramolecular Hbond substituents is 1. The van der Waals surface area contributed by atoms with Crippen LogP contribution in [0.4, 0.5) is 0 Å². The number of carbonyl (C=O) groups is 1. The zero-order chi connectivity index (χ0) is 17.7. The van der Waals surface area contributed by atoms with Crippen LogP contribution in [0.3, 0.4) is 0 Å². The van der Waals surface area contributed by atoms with Gasteiger partial charge in [-0.25, -0.2) is 0 Å². The third-order valence-electron chi connectivity index (χ3n) is 6.68. The maximum absolute atomic E-state index is 13.4. The number of aromatic hydroxyl groups is 1. The standard InChI is InChI=1S/C22H30O2/c1-14-11-16(13-17(23)12-14)20(24)19-15(2)7-8-18-21(3,4)9-6-10-22(18,19)5/h7,11-13,18-19,23H,6,8-10H2,1-5H3/t18-,19?,22+/m0/s1. The largest absolute Gasteiger partial charge is 0.508 e. The van der Waals surface area contributed by atoms with E-state index in [1.807, 2.05) is 13.0 Å². The second kappa shape index (κ2) is 5.75. The van der Waals surface area contributed by atoms with E-state index in [1.54, 1.807) is 12.1 Å². The molecule has 1 unspecified atom stereocenters. The van der Waals surface area contributed by atoms with Gasteiger partial charge in [-0.15, -0.1) is 0 Å². The van der Waals surface area contributed by atoms with Gasteiger partial charge in [0.1, 0.15) is 5.75 Å². The highest BCUT2D eigenvalue weighted by Crippen LogP contribution is 2.60. The van der Waals surface area contributed by atoms with Crippen molar-refractivity contribution in [2.75, 3.05) is 0 Å². The SMILES string of the molecule is CC1=CC[C@H]2C(C)(C)CCC[C@@]2(C)C1C(=O)c1cc(C)cc(O)c1. The number of fused-ring (bicyclic) bond motifs is 1. The van der Waals surface area contributed by atoms with Gasteiger partial charge in [0, 0.05) is 11.5 Å². The molecule has 2 aliphatic rings. The number of phenols is 1. The van der Waals surface area contributed by atoms with Gasteiger partial charge in [0.05, 0.1) is 0 Å². The van der Waals surface area contributed by atoms with Crippen molar-refractivity contribution in [1.82, 2.24) is 0 Å². The molecule has 24 heavy (non-hydrogen) atoms. The first-order valence-electron chi connectivity index (χ1n) is 9.17. The topological polar surface area (TPSA) is 37.3 Å². The number of ketones is 1. The Morgan fingerprint density at radius 3 is 2.50 bits per heavy atom. The fourth-order valence-electron chi connectivity index (χ4n) is 5.62. The lowest BCUT2D eigenvalue weighted by Crippen LogP contribution is -2.50. The molecule has 1 aromatic rings. The predicted molar refractivity (Wildman–Crippen MR) is 98.3 cm³/mol. The molecule has 3 atom stereocenters. The molecule has 2 aliphatic carbocycles. The lowest BCUT2D eigenvalue weighted by molar-refractivity contribution is -0.0294. The molecule has 0 aliphatic heterocycles. The minimum Gasteiger partial charge on any atom is -0.508 e. The predicted octanol–water partition coefficient (Wildman–Crippen LogP) is 5.68. The zero-order valence-electron chi connectivity index (χ0n) is 15.6. The lowest BCUT2D eigenvalue weighted by atomic mass is 9.48. The van der Waals surface area contributed by atoms with Crippen LogP contribution in [0.2, 0.25) is 0 Å².